The molecule has 6 N–H and O–H groups in total. The molecule has 5 rings (SSSR count). The lowest BCUT2D eigenvalue weighted by atomic mass is 9.54. The number of carbonyl (C=O) groups excluding carboxylic acids is 3. The zero-order chi connectivity index (χ0) is 23.1. The maximum atomic E-state index is 13.6. The van der Waals surface area contributed by atoms with Gasteiger partial charge in [0.2, 0.25) is 5.78 Å². The molecule has 1 fully saturated rings. The molecular weight excluding hydrogens is 486 g/mol. The lowest BCUT2D eigenvalue weighted by Crippen LogP contribution is -2.65. The number of alkyl halides is 1. The molecule has 10 heteroatoms. The number of phenolic OH excluding ortho intramolecular Hbond substituents is 1. The maximum Gasteiger partial charge on any atom is 0.255 e. The number of benzene rings is 1. The number of aromatic hydroxyl groups is 1. The van der Waals surface area contributed by atoms with Crippen molar-refractivity contribution in [2.75, 3.05) is 5.33 Å². The van der Waals surface area contributed by atoms with Gasteiger partial charge in [-0.05, 0) is 17.7 Å². The zero-order valence-electron chi connectivity index (χ0n) is 16.4. The summed E-state index contributed by atoms with van der Waals surface area (Å²) in [4.78, 5) is 38.0. The standard InChI is InChI=1S/C22H18BrNO8/c23-6-7-4-9-8-2-1-3-11(25)13(8)17(27)16-14(9)18(32-7)10-5-12(26)15(21(24)30)19(28)22(10,31)20(16)29/h1-4,9-10,14,18,25,27-28,31H,5-6H2,(H2,24,30)/t9-,10+,14+,18+,22+/m0/s1. The average molecular weight is 504 g/mol. The van der Waals surface area contributed by atoms with Gasteiger partial charge in [0, 0.05) is 29.7 Å². The third-order valence-corrected chi connectivity index (χ3v) is 7.39. The van der Waals surface area contributed by atoms with Gasteiger partial charge >= 0.3 is 0 Å². The second-order valence-corrected chi connectivity index (χ2v) is 8.88. The fourth-order valence-corrected chi connectivity index (χ4v) is 5.83. The highest BCUT2D eigenvalue weighted by atomic mass is 79.9. The Morgan fingerprint density at radius 1 is 1.25 bits per heavy atom. The van der Waals surface area contributed by atoms with Crippen LogP contribution in [0.3, 0.4) is 0 Å². The minimum Gasteiger partial charge on any atom is -0.508 e. The molecule has 32 heavy (non-hydrogen) atoms. The first-order valence-electron chi connectivity index (χ1n) is 9.85. The smallest absolute Gasteiger partial charge is 0.255 e. The van der Waals surface area contributed by atoms with E-state index in [-0.39, 0.29) is 22.2 Å². The fraction of sp³-hybridized carbons (Fsp3) is 0.318. The molecule has 1 aliphatic heterocycles. The van der Waals surface area contributed by atoms with Crippen LogP contribution in [0, 0.1) is 11.8 Å². The van der Waals surface area contributed by atoms with Crippen molar-refractivity contribution in [3.05, 3.63) is 58.1 Å². The van der Waals surface area contributed by atoms with Gasteiger partial charge in [0.15, 0.2) is 11.4 Å². The molecule has 9 nitrogen and oxygen atoms in total. The predicted octanol–water partition coefficient (Wildman–Crippen LogP) is 1.25. The number of amides is 1. The van der Waals surface area contributed by atoms with Gasteiger partial charge in [-0.2, -0.15) is 0 Å². The summed E-state index contributed by atoms with van der Waals surface area (Å²) in [6.07, 6.45) is 0.302. The predicted molar refractivity (Wildman–Crippen MR) is 113 cm³/mol. The van der Waals surface area contributed by atoms with Crippen LogP contribution >= 0.6 is 15.9 Å². The summed E-state index contributed by atoms with van der Waals surface area (Å²) in [5, 5.41) is 44.0. The molecule has 5 atom stereocenters. The fourth-order valence-electron chi connectivity index (χ4n) is 5.51. The molecule has 4 aliphatic rings. The van der Waals surface area contributed by atoms with Crippen molar-refractivity contribution in [1.29, 1.82) is 0 Å². The summed E-state index contributed by atoms with van der Waals surface area (Å²) in [5.41, 5.74) is 2.01. The average Bonchev–Trinajstić information content (AvgIpc) is 2.74. The highest BCUT2D eigenvalue weighted by Gasteiger charge is 2.67. The highest BCUT2D eigenvalue weighted by Crippen LogP contribution is 2.58. The van der Waals surface area contributed by atoms with Crippen molar-refractivity contribution in [2.24, 2.45) is 17.6 Å². The van der Waals surface area contributed by atoms with E-state index in [0.717, 1.165) is 0 Å². The molecule has 1 amide bonds. The van der Waals surface area contributed by atoms with Gasteiger partial charge < -0.3 is 30.9 Å². The quantitative estimate of drug-likeness (QED) is 0.296. The van der Waals surface area contributed by atoms with E-state index >= 15 is 0 Å². The number of carbonyl (C=O) groups is 3. The summed E-state index contributed by atoms with van der Waals surface area (Å²) in [7, 11) is 0. The van der Waals surface area contributed by atoms with Crippen LogP contribution in [0.15, 0.2) is 46.9 Å². The zero-order valence-corrected chi connectivity index (χ0v) is 18.0. The minimum atomic E-state index is -2.70. The first-order chi connectivity index (χ1) is 15.1. The SMILES string of the molecule is NC(=O)C1=C(O)[C@@]2(O)C(=O)C3=C(O)c4c(O)cccc4[C@@H]4C=C(CBr)O[C@@H]([C@@H]34)[C@H]2CC1=O. The van der Waals surface area contributed by atoms with Crippen molar-refractivity contribution < 1.29 is 39.5 Å². The molecule has 1 saturated carbocycles. The van der Waals surface area contributed by atoms with Crippen LogP contribution < -0.4 is 5.73 Å². The number of Topliss-reactive ketones (excluding diaryl/α,β-unsaturated/α-hetero) is 2. The number of phenols is 1. The van der Waals surface area contributed by atoms with E-state index in [1.807, 2.05) is 0 Å². The number of aliphatic hydroxyl groups excluding tert-OH is 2. The molecule has 3 aliphatic carbocycles. The number of aliphatic hydroxyl groups is 3. The number of rotatable bonds is 2. The molecule has 0 radical (unpaired) electrons. The monoisotopic (exact) mass is 503 g/mol. The number of hydrogen-bond donors (Lipinski definition) is 5. The van der Waals surface area contributed by atoms with E-state index in [2.05, 4.69) is 15.9 Å². The normalized spacial score (nSPS) is 33.1. The maximum absolute atomic E-state index is 13.6. The number of allylic oxidation sites excluding steroid dienone is 2. The number of ether oxygens (including phenoxy) is 1. The Morgan fingerprint density at radius 2 is 1.97 bits per heavy atom. The number of hydrogen-bond acceptors (Lipinski definition) is 8. The van der Waals surface area contributed by atoms with Gasteiger partial charge in [0.05, 0.1) is 10.9 Å². The van der Waals surface area contributed by atoms with Crippen molar-refractivity contribution in [2.45, 2.75) is 24.0 Å². The number of nitrogens with two attached hydrogens (primary N) is 1. The van der Waals surface area contributed by atoms with Crippen molar-refractivity contribution >= 4 is 39.2 Å². The van der Waals surface area contributed by atoms with E-state index in [1.165, 1.54) is 6.07 Å². The molecule has 0 spiro atoms. The van der Waals surface area contributed by atoms with Crippen molar-refractivity contribution in [1.82, 2.24) is 0 Å². The first kappa shape index (κ1) is 20.8. The number of ketones is 2. The van der Waals surface area contributed by atoms with Gasteiger partial charge in [-0.15, -0.1) is 0 Å². The van der Waals surface area contributed by atoms with Crippen LogP contribution in [-0.4, -0.2) is 54.9 Å². The molecule has 0 saturated heterocycles. The second kappa shape index (κ2) is 6.69. The minimum absolute atomic E-state index is 0.0375. The van der Waals surface area contributed by atoms with Gasteiger partial charge in [-0.25, -0.2) is 0 Å². The Bertz CT molecular complexity index is 1210. The summed E-state index contributed by atoms with van der Waals surface area (Å²) in [6, 6.07) is 4.67. The Hall–Kier alpha value is -3.11. The van der Waals surface area contributed by atoms with Crippen LogP contribution in [0.5, 0.6) is 5.75 Å². The van der Waals surface area contributed by atoms with Crippen LogP contribution in [0.2, 0.25) is 0 Å². The molecule has 0 bridgehead atoms. The number of primary amides is 1. The van der Waals surface area contributed by atoms with E-state index in [9.17, 15) is 34.8 Å². The second-order valence-electron chi connectivity index (χ2n) is 8.32. The van der Waals surface area contributed by atoms with Crippen LogP contribution in [0.1, 0.15) is 23.5 Å². The van der Waals surface area contributed by atoms with Gasteiger partial charge in [0.1, 0.15) is 34.7 Å². The topological polar surface area (TPSA) is 167 Å². The Kier molecular flexibility index (Phi) is 4.35. The third kappa shape index (κ3) is 2.39. The van der Waals surface area contributed by atoms with Gasteiger partial charge in [-0.1, -0.05) is 28.1 Å². The van der Waals surface area contributed by atoms with E-state index in [4.69, 9.17) is 10.5 Å². The first-order valence-corrected chi connectivity index (χ1v) is 11.0. The molecule has 166 valence electrons. The summed E-state index contributed by atoms with van der Waals surface area (Å²) in [6.45, 7) is 0. The number of fused-ring (bicyclic) bond motifs is 4. The third-order valence-electron chi connectivity index (χ3n) is 6.84. The van der Waals surface area contributed by atoms with Crippen molar-refractivity contribution in [3.8, 4) is 5.75 Å². The van der Waals surface area contributed by atoms with Gasteiger partial charge in [0.25, 0.3) is 5.91 Å². The molecule has 0 unspecified atom stereocenters. The Balaban J connectivity index is 1.84. The summed E-state index contributed by atoms with van der Waals surface area (Å²) >= 11 is 3.33. The van der Waals surface area contributed by atoms with Gasteiger partial charge in [-0.3, -0.25) is 14.4 Å². The largest absolute Gasteiger partial charge is 0.508 e. The summed E-state index contributed by atoms with van der Waals surface area (Å²) < 4.78 is 6.04. The van der Waals surface area contributed by atoms with Crippen LogP contribution in [0.4, 0.5) is 0 Å². The molecule has 0 aromatic heterocycles. The van der Waals surface area contributed by atoms with E-state index < -0.39 is 70.4 Å². The number of halogens is 1. The Labute approximate surface area is 189 Å². The summed E-state index contributed by atoms with van der Waals surface area (Å²) in [5.74, 6) is -7.18. The molecular formula is C22H18BrNO8. The highest BCUT2D eigenvalue weighted by molar-refractivity contribution is 9.09. The van der Waals surface area contributed by atoms with Crippen molar-refractivity contribution in [3.63, 3.8) is 0 Å². The molecule has 1 aromatic carbocycles. The molecule has 1 heterocycles. The molecule has 1 aromatic rings. The Morgan fingerprint density at radius 3 is 2.62 bits per heavy atom. The lowest BCUT2D eigenvalue weighted by Gasteiger charge is -2.53. The van der Waals surface area contributed by atoms with E-state index in [1.54, 1.807) is 18.2 Å². The lowest BCUT2D eigenvalue weighted by molar-refractivity contribution is -0.163. The van der Waals surface area contributed by atoms with Crippen LogP contribution in [-0.2, 0) is 19.1 Å². The van der Waals surface area contributed by atoms with Crippen LogP contribution in [0.25, 0.3) is 5.76 Å². The van der Waals surface area contributed by atoms with E-state index in [0.29, 0.717) is 11.3 Å².